The lowest BCUT2D eigenvalue weighted by Crippen LogP contribution is -2.47. The lowest BCUT2D eigenvalue weighted by molar-refractivity contribution is 0.587. The minimum atomic E-state index is 0.808. The van der Waals surface area contributed by atoms with Crippen LogP contribution in [0.5, 0.6) is 0 Å². The second kappa shape index (κ2) is 7.78. The molecule has 0 amide bonds. The normalized spacial score (nSPS) is 14.6. The van der Waals surface area contributed by atoms with E-state index in [-0.39, 0.29) is 0 Å². The first-order chi connectivity index (χ1) is 13.3. The second-order valence-electron chi connectivity index (χ2n) is 6.92. The highest BCUT2D eigenvalue weighted by molar-refractivity contribution is 5.62. The molecule has 0 N–H and O–H groups in total. The van der Waals surface area contributed by atoms with Crippen molar-refractivity contribution in [1.29, 1.82) is 0 Å². The summed E-state index contributed by atoms with van der Waals surface area (Å²) >= 11 is 0. The Morgan fingerprint density at radius 3 is 2.44 bits per heavy atom. The van der Waals surface area contributed by atoms with Crippen LogP contribution in [0, 0.1) is 6.92 Å². The van der Waals surface area contributed by atoms with E-state index in [0.29, 0.717) is 0 Å². The van der Waals surface area contributed by atoms with Crippen LogP contribution in [0.4, 0.5) is 11.6 Å². The van der Waals surface area contributed by atoms with Gasteiger partial charge in [-0.1, -0.05) is 25.1 Å². The fourth-order valence-electron chi connectivity index (χ4n) is 3.59. The van der Waals surface area contributed by atoms with Gasteiger partial charge in [0.2, 0.25) is 5.95 Å². The molecule has 1 fully saturated rings. The molecule has 1 aliphatic rings. The Morgan fingerprint density at radius 2 is 1.70 bits per heavy atom. The van der Waals surface area contributed by atoms with E-state index in [1.54, 1.807) is 0 Å². The minimum absolute atomic E-state index is 0.808. The Bertz CT molecular complexity index is 881. The molecule has 4 rings (SSSR count). The number of aromatic nitrogens is 4. The van der Waals surface area contributed by atoms with E-state index >= 15 is 0 Å². The predicted molar refractivity (Wildman–Crippen MR) is 109 cm³/mol. The fourth-order valence-corrected chi connectivity index (χ4v) is 3.59. The first-order valence-corrected chi connectivity index (χ1v) is 9.67. The summed E-state index contributed by atoms with van der Waals surface area (Å²) in [4.78, 5) is 14.1. The summed E-state index contributed by atoms with van der Waals surface area (Å²) < 4.78 is 2.05. The van der Waals surface area contributed by atoms with E-state index in [4.69, 9.17) is 4.98 Å². The molecular weight excluding hydrogens is 336 g/mol. The molecule has 0 atom stereocenters. The third kappa shape index (κ3) is 3.65. The maximum absolute atomic E-state index is 4.84. The average Bonchev–Trinajstić information content (AvgIpc) is 3.10. The number of anilines is 2. The summed E-state index contributed by atoms with van der Waals surface area (Å²) in [6.07, 6.45) is 4.85. The number of benzene rings is 1. The minimum Gasteiger partial charge on any atom is -0.368 e. The van der Waals surface area contributed by atoms with E-state index in [2.05, 4.69) is 68.7 Å². The molecule has 1 aromatic carbocycles. The van der Waals surface area contributed by atoms with Crippen LogP contribution in [0.15, 0.2) is 48.8 Å². The molecule has 0 radical (unpaired) electrons. The van der Waals surface area contributed by atoms with Gasteiger partial charge < -0.3 is 9.80 Å². The number of nitrogens with zero attached hydrogens (tertiary/aromatic N) is 6. The van der Waals surface area contributed by atoms with Crippen molar-refractivity contribution in [3.63, 3.8) is 0 Å². The highest BCUT2D eigenvalue weighted by atomic mass is 15.3. The smallest absolute Gasteiger partial charge is 0.225 e. The van der Waals surface area contributed by atoms with Crippen molar-refractivity contribution in [2.75, 3.05) is 36.0 Å². The molecule has 1 aliphatic heterocycles. The van der Waals surface area contributed by atoms with Gasteiger partial charge in [-0.2, -0.15) is 5.10 Å². The summed E-state index contributed by atoms with van der Waals surface area (Å²) in [6, 6.07) is 12.6. The van der Waals surface area contributed by atoms with Crippen LogP contribution in [0.2, 0.25) is 0 Å². The number of hydrogen-bond donors (Lipinski definition) is 0. The van der Waals surface area contributed by atoms with Gasteiger partial charge in [0, 0.05) is 55.9 Å². The first-order valence-electron chi connectivity index (χ1n) is 9.67. The highest BCUT2D eigenvalue weighted by Crippen LogP contribution is 2.24. The monoisotopic (exact) mass is 362 g/mol. The van der Waals surface area contributed by atoms with Gasteiger partial charge in [0.1, 0.15) is 0 Å². The number of hydrogen-bond acceptors (Lipinski definition) is 5. The zero-order valence-electron chi connectivity index (χ0n) is 16.0. The maximum atomic E-state index is 4.84. The lowest BCUT2D eigenvalue weighted by Gasteiger charge is -2.36. The molecule has 0 aliphatic carbocycles. The summed E-state index contributed by atoms with van der Waals surface area (Å²) in [5, 5.41) is 4.50. The van der Waals surface area contributed by atoms with Gasteiger partial charge in [0.15, 0.2) is 0 Å². The van der Waals surface area contributed by atoms with Crippen molar-refractivity contribution in [3.05, 3.63) is 54.5 Å². The van der Waals surface area contributed by atoms with Crippen LogP contribution < -0.4 is 9.80 Å². The number of para-hydroxylation sites is 1. The molecule has 27 heavy (non-hydrogen) atoms. The molecule has 6 nitrogen and oxygen atoms in total. The number of aryl methyl sites for hydroxylation is 1. The predicted octanol–water partition coefficient (Wildman–Crippen LogP) is 3.39. The fraction of sp³-hybridized carbons (Fsp3) is 0.381. The van der Waals surface area contributed by atoms with Gasteiger partial charge in [-0.3, -0.25) is 4.68 Å². The topological polar surface area (TPSA) is 50.1 Å². The lowest BCUT2D eigenvalue weighted by atomic mass is 10.2. The van der Waals surface area contributed by atoms with Crippen LogP contribution in [0.1, 0.15) is 19.0 Å². The van der Waals surface area contributed by atoms with Crippen molar-refractivity contribution in [2.24, 2.45) is 0 Å². The average molecular weight is 362 g/mol. The third-order valence-corrected chi connectivity index (χ3v) is 5.14. The van der Waals surface area contributed by atoms with E-state index in [0.717, 1.165) is 62.0 Å². The van der Waals surface area contributed by atoms with Crippen LogP contribution in [-0.4, -0.2) is 45.9 Å². The van der Waals surface area contributed by atoms with Gasteiger partial charge in [-0.25, -0.2) is 9.97 Å². The van der Waals surface area contributed by atoms with Gasteiger partial charge in [0.25, 0.3) is 0 Å². The summed E-state index contributed by atoms with van der Waals surface area (Å²) in [6.45, 7) is 9.01. The second-order valence-corrected chi connectivity index (χ2v) is 6.92. The number of piperazine rings is 1. The van der Waals surface area contributed by atoms with Crippen molar-refractivity contribution < 1.29 is 0 Å². The van der Waals surface area contributed by atoms with E-state index in [1.807, 2.05) is 18.5 Å². The largest absolute Gasteiger partial charge is 0.368 e. The standard InChI is InChI=1S/C21H26N6/c1-3-11-27-17(2)19(16-23-27)20-9-10-22-21(24-20)26-14-12-25(13-15-26)18-7-5-4-6-8-18/h4-10,16H,3,11-15H2,1-2H3. The van der Waals surface area contributed by atoms with Crippen LogP contribution in [0.25, 0.3) is 11.3 Å². The van der Waals surface area contributed by atoms with Crippen molar-refractivity contribution >= 4 is 11.6 Å². The molecule has 6 heteroatoms. The van der Waals surface area contributed by atoms with E-state index < -0.39 is 0 Å². The molecule has 3 aromatic rings. The molecule has 3 heterocycles. The van der Waals surface area contributed by atoms with Gasteiger partial charge in [-0.05, 0) is 31.5 Å². The summed E-state index contributed by atoms with van der Waals surface area (Å²) in [5.74, 6) is 0.808. The zero-order valence-corrected chi connectivity index (χ0v) is 16.0. The van der Waals surface area contributed by atoms with Crippen LogP contribution in [-0.2, 0) is 6.54 Å². The molecule has 140 valence electrons. The van der Waals surface area contributed by atoms with Gasteiger partial charge in [0.05, 0.1) is 11.9 Å². The van der Waals surface area contributed by atoms with Gasteiger partial charge >= 0.3 is 0 Å². The first kappa shape index (κ1) is 17.5. The number of rotatable bonds is 5. The van der Waals surface area contributed by atoms with Crippen LogP contribution >= 0.6 is 0 Å². The maximum Gasteiger partial charge on any atom is 0.225 e. The van der Waals surface area contributed by atoms with E-state index in [9.17, 15) is 0 Å². The third-order valence-electron chi connectivity index (χ3n) is 5.14. The Kier molecular flexibility index (Phi) is 5.05. The highest BCUT2D eigenvalue weighted by Gasteiger charge is 2.20. The molecule has 0 spiro atoms. The molecule has 2 aromatic heterocycles. The Morgan fingerprint density at radius 1 is 0.963 bits per heavy atom. The van der Waals surface area contributed by atoms with Crippen molar-refractivity contribution in [3.8, 4) is 11.3 Å². The molecule has 0 saturated carbocycles. The molecular formula is C21H26N6. The van der Waals surface area contributed by atoms with E-state index in [1.165, 1.54) is 5.69 Å². The molecule has 0 unspecified atom stereocenters. The van der Waals surface area contributed by atoms with Crippen molar-refractivity contribution in [1.82, 2.24) is 19.7 Å². The van der Waals surface area contributed by atoms with Crippen molar-refractivity contribution in [2.45, 2.75) is 26.8 Å². The Hall–Kier alpha value is -2.89. The SMILES string of the molecule is CCCn1ncc(-c2ccnc(N3CCN(c4ccccc4)CC3)n2)c1C. The Labute approximate surface area is 160 Å². The zero-order chi connectivity index (χ0) is 18.6. The van der Waals surface area contributed by atoms with Crippen LogP contribution in [0.3, 0.4) is 0 Å². The molecule has 0 bridgehead atoms. The molecule has 1 saturated heterocycles. The van der Waals surface area contributed by atoms with Gasteiger partial charge in [-0.15, -0.1) is 0 Å². The summed E-state index contributed by atoms with van der Waals surface area (Å²) in [5.41, 5.74) is 4.49. The quantitative estimate of drug-likeness (QED) is 0.696. The Balaban J connectivity index is 1.49. The summed E-state index contributed by atoms with van der Waals surface area (Å²) in [7, 11) is 0.